The van der Waals surface area contributed by atoms with E-state index in [2.05, 4.69) is 15.3 Å². The number of aliphatic hydroxyl groups excluding tert-OH is 1. The van der Waals surface area contributed by atoms with Crippen molar-refractivity contribution in [1.82, 2.24) is 9.97 Å². The zero-order valence-electron chi connectivity index (χ0n) is 8.15. The molecule has 1 aromatic heterocycles. The normalized spacial score (nSPS) is 17.5. The number of nitrogen functional groups attached to an aromatic ring is 1. The molecular weight excluding hydrogens is 216 g/mol. The summed E-state index contributed by atoms with van der Waals surface area (Å²) in [6.45, 7) is 0.445. The van der Waals surface area contributed by atoms with Crippen molar-refractivity contribution in [2.24, 2.45) is 5.92 Å². The molecule has 0 radical (unpaired) electrons. The first-order valence-corrected chi connectivity index (χ1v) is 5.24. The summed E-state index contributed by atoms with van der Waals surface area (Å²) < 4.78 is 0. The van der Waals surface area contributed by atoms with E-state index in [0.29, 0.717) is 23.3 Å². The smallest absolute Gasteiger partial charge is 0.222 e. The second-order valence-corrected chi connectivity index (χ2v) is 4.12. The Balaban J connectivity index is 1.94. The molecule has 0 aromatic carbocycles. The molecule has 15 heavy (non-hydrogen) atoms. The molecule has 1 aliphatic carbocycles. The Kier molecular flexibility index (Phi) is 2.93. The molecule has 1 unspecified atom stereocenters. The molecule has 2 rings (SSSR count). The molecule has 1 aromatic rings. The number of hydrogen-bond acceptors (Lipinski definition) is 5. The van der Waals surface area contributed by atoms with Gasteiger partial charge in [-0.05, 0) is 18.8 Å². The molecule has 6 heteroatoms. The molecular formula is C9H13ClN4O. The van der Waals surface area contributed by atoms with Gasteiger partial charge >= 0.3 is 0 Å². The summed E-state index contributed by atoms with van der Waals surface area (Å²) in [6.07, 6.45) is 3.30. The number of nitrogens with zero attached hydrogens (tertiary/aromatic N) is 2. The average Bonchev–Trinajstić information content (AvgIpc) is 3.02. The number of anilines is 2. The predicted octanol–water partition coefficient (Wildman–Crippen LogP) is 0.895. The first-order valence-electron chi connectivity index (χ1n) is 4.87. The molecule has 1 atom stereocenters. The summed E-state index contributed by atoms with van der Waals surface area (Å²) in [6, 6.07) is 0. The van der Waals surface area contributed by atoms with Crippen LogP contribution in [0.1, 0.15) is 12.8 Å². The standard InChI is InChI=1S/C9H13ClN4O/c10-6-3-13-9(11)14-8(6)12-4-7(15)5-1-2-5/h3,5,7,15H,1-2,4H2,(H3,11,12,13,14). The van der Waals surface area contributed by atoms with E-state index in [-0.39, 0.29) is 12.1 Å². The Morgan fingerprint density at radius 3 is 3.07 bits per heavy atom. The van der Waals surface area contributed by atoms with Crippen molar-refractivity contribution in [3.8, 4) is 0 Å². The van der Waals surface area contributed by atoms with Gasteiger partial charge in [0, 0.05) is 6.54 Å². The second-order valence-electron chi connectivity index (χ2n) is 3.71. The van der Waals surface area contributed by atoms with Gasteiger partial charge in [0.15, 0.2) is 5.82 Å². The predicted molar refractivity (Wildman–Crippen MR) is 58.7 cm³/mol. The largest absolute Gasteiger partial charge is 0.391 e. The lowest BCUT2D eigenvalue weighted by Crippen LogP contribution is -2.22. The highest BCUT2D eigenvalue weighted by molar-refractivity contribution is 6.32. The van der Waals surface area contributed by atoms with Gasteiger partial charge in [-0.15, -0.1) is 0 Å². The van der Waals surface area contributed by atoms with Crippen LogP contribution in [-0.4, -0.2) is 27.7 Å². The lowest BCUT2D eigenvalue weighted by molar-refractivity contribution is 0.164. The quantitative estimate of drug-likeness (QED) is 0.713. The summed E-state index contributed by atoms with van der Waals surface area (Å²) in [5.74, 6) is 1.07. The van der Waals surface area contributed by atoms with Crippen LogP contribution in [0, 0.1) is 5.92 Å². The van der Waals surface area contributed by atoms with Crippen molar-refractivity contribution in [3.05, 3.63) is 11.2 Å². The highest BCUT2D eigenvalue weighted by Crippen LogP contribution is 2.32. The van der Waals surface area contributed by atoms with Crippen molar-refractivity contribution in [2.45, 2.75) is 18.9 Å². The van der Waals surface area contributed by atoms with E-state index in [1.54, 1.807) is 0 Å². The summed E-state index contributed by atoms with van der Waals surface area (Å²) in [4.78, 5) is 7.68. The van der Waals surface area contributed by atoms with Gasteiger partial charge in [-0.2, -0.15) is 4.98 Å². The lowest BCUT2D eigenvalue weighted by atomic mass is 10.2. The molecule has 1 aliphatic rings. The lowest BCUT2D eigenvalue weighted by Gasteiger charge is -2.11. The molecule has 0 amide bonds. The molecule has 0 bridgehead atoms. The number of nitrogens with two attached hydrogens (primary N) is 1. The molecule has 5 nitrogen and oxygen atoms in total. The zero-order chi connectivity index (χ0) is 10.8. The van der Waals surface area contributed by atoms with Crippen LogP contribution in [0.5, 0.6) is 0 Å². The Morgan fingerprint density at radius 1 is 1.67 bits per heavy atom. The fourth-order valence-corrected chi connectivity index (χ4v) is 1.51. The topological polar surface area (TPSA) is 84.1 Å². The number of halogens is 1. The number of nitrogens with one attached hydrogen (secondary N) is 1. The van der Waals surface area contributed by atoms with E-state index in [0.717, 1.165) is 12.8 Å². The van der Waals surface area contributed by atoms with Crippen molar-refractivity contribution < 1.29 is 5.11 Å². The maximum absolute atomic E-state index is 9.63. The van der Waals surface area contributed by atoms with Crippen LogP contribution in [-0.2, 0) is 0 Å². The van der Waals surface area contributed by atoms with Crippen LogP contribution >= 0.6 is 11.6 Å². The van der Waals surface area contributed by atoms with Crippen molar-refractivity contribution in [3.63, 3.8) is 0 Å². The number of rotatable bonds is 4. The van der Waals surface area contributed by atoms with E-state index in [1.165, 1.54) is 6.20 Å². The van der Waals surface area contributed by atoms with Crippen LogP contribution in [0.25, 0.3) is 0 Å². The van der Waals surface area contributed by atoms with Crippen molar-refractivity contribution >= 4 is 23.4 Å². The minimum atomic E-state index is -0.336. The fraction of sp³-hybridized carbons (Fsp3) is 0.556. The van der Waals surface area contributed by atoms with E-state index in [1.807, 2.05) is 0 Å². The van der Waals surface area contributed by atoms with Gasteiger partial charge in [0.1, 0.15) is 5.02 Å². The highest BCUT2D eigenvalue weighted by atomic mass is 35.5. The summed E-state index contributed by atoms with van der Waals surface area (Å²) in [5, 5.41) is 13.0. The molecule has 0 saturated heterocycles. The molecule has 1 heterocycles. The average molecular weight is 229 g/mol. The first-order chi connectivity index (χ1) is 7.16. The van der Waals surface area contributed by atoms with Crippen LogP contribution in [0.2, 0.25) is 5.02 Å². The minimum absolute atomic E-state index is 0.169. The molecule has 4 N–H and O–H groups in total. The number of hydrogen-bond donors (Lipinski definition) is 3. The third-order valence-corrected chi connectivity index (χ3v) is 2.68. The Hall–Kier alpha value is -1.07. The van der Waals surface area contributed by atoms with E-state index >= 15 is 0 Å². The van der Waals surface area contributed by atoms with Gasteiger partial charge < -0.3 is 16.2 Å². The summed E-state index contributed by atoms with van der Waals surface area (Å²) in [7, 11) is 0. The number of aliphatic hydroxyl groups is 1. The van der Waals surface area contributed by atoms with Gasteiger partial charge in [-0.3, -0.25) is 0 Å². The molecule has 1 saturated carbocycles. The zero-order valence-corrected chi connectivity index (χ0v) is 8.91. The summed E-state index contributed by atoms with van der Waals surface area (Å²) >= 11 is 5.85. The van der Waals surface area contributed by atoms with Crippen LogP contribution in [0.3, 0.4) is 0 Å². The van der Waals surface area contributed by atoms with Gasteiger partial charge in [-0.1, -0.05) is 11.6 Å². The fourth-order valence-electron chi connectivity index (χ4n) is 1.35. The van der Waals surface area contributed by atoms with Crippen molar-refractivity contribution in [1.29, 1.82) is 0 Å². The Morgan fingerprint density at radius 2 is 2.40 bits per heavy atom. The Bertz CT molecular complexity index is 356. The Labute approximate surface area is 92.7 Å². The van der Waals surface area contributed by atoms with Crippen molar-refractivity contribution in [2.75, 3.05) is 17.6 Å². The molecule has 0 spiro atoms. The number of aromatic nitrogens is 2. The van der Waals surface area contributed by atoms with Crippen LogP contribution in [0.15, 0.2) is 6.20 Å². The molecule has 82 valence electrons. The maximum atomic E-state index is 9.63. The van der Waals surface area contributed by atoms with Crippen LogP contribution in [0.4, 0.5) is 11.8 Å². The monoisotopic (exact) mass is 228 g/mol. The summed E-state index contributed by atoms with van der Waals surface area (Å²) in [5.41, 5.74) is 5.42. The van der Waals surface area contributed by atoms with Crippen LogP contribution < -0.4 is 11.1 Å². The second kappa shape index (κ2) is 4.20. The van der Waals surface area contributed by atoms with Gasteiger partial charge in [0.2, 0.25) is 5.95 Å². The highest BCUT2D eigenvalue weighted by Gasteiger charge is 2.29. The third-order valence-electron chi connectivity index (χ3n) is 2.41. The van der Waals surface area contributed by atoms with Gasteiger partial charge in [-0.25, -0.2) is 4.98 Å². The minimum Gasteiger partial charge on any atom is -0.391 e. The molecule has 0 aliphatic heterocycles. The first kappa shape index (κ1) is 10.4. The SMILES string of the molecule is Nc1ncc(Cl)c(NCC(O)C2CC2)n1. The molecule has 1 fully saturated rings. The van der Waals surface area contributed by atoms with E-state index in [9.17, 15) is 5.11 Å². The maximum Gasteiger partial charge on any atom is 0.222 e. The van der Waals surface area contributed by atoms with Gasteiger partial charge in [0.05, 0.1) is 12.3 Å². The van der Waals surface area contributed by atoms with E-state index < -0.39 is 0 Å². The van der Waals surface area contributed by atoms with Gasteiger partial charge in [0.25, 0.3) is 0 Å². The third kappa shape index (κ3) is 2.70. The van der Waals surface area contributed by atoms with E-state index in [4.69, 9.17) is 17.3 Å².